The first-order valence-corrected chi connectivity index (χ1v) is 14.6. The number of nitrogens with zero attached hydrogens (tertiary/aromatic N) is 3. The molecule has 1 aliphatic heterocycles. The topological polar surface area (TPSA) is 108 Å². The third kappa shape index (κ3) is 6.96. The van der Waals surface area contributed by atoms with Crippen LogP contribution in [-0.4, -0.2) is 63.8 Å². The van der Waals surface area contributed by atoms with Gasteiger partial charge in [-0.3, -0.25) is 14.3 Å². The van der Waals surface area contributed by atoms with E-state index in [4.69, 9.17) is 0 Å². The van der Waals surface area contributed by atoms with Crippen molar-refractivity contribution >= 4 is 23.5 Å². The van der Waals surface area contributed by atoms with E-state index in [1.807, 2.05) is 13.8 Å². The fraction of sp³-hybridized carbons (Fsp3) is 0.586. The predicted molar refractivity (Wildman–Crippen MR) is 146 cm³/mol. The van der Waals surface area contributed by atoms with E-state index in [2.05, 4.69) is 15.7 Å². The van der Waals surface area contributed by atoms with Crippen LogP contribution in [0.3, 0.4) is 0 Å². The number of carbonyl (C=O) groups excluding carboxylic acids is 3. The number of hydrogen-bond donors (Lipinski definition) is 3. The van der Waals surface area contributed by atoms with E-state index in [0.29, 0.717) is 4.90 Å². The molecule has 0 bridgehead atoms. The van der Waals surface area contributed by atoms with Crippen LogP contribution in [0.25, 0.3) is 0 Å². The SMILES string of the molecule is CC(C)n1nccc1C(=O)N[C@@H](C(=O)Nc1ccc([C@H](CC(F)F)N2C[C@@H](C(F)(F)F)NC2=O)cc1F)C(C1CC1)C1CC1. The van der Waals surface area contributed by atoms with Crippen molar-refractivity contribution in [1.82, 2.24) is 25.3 Å². The van der Waals surface area contributed by atoms with Crippen molar-refractivity contribution in [1.29, 1.82) is 0 Å². The number of urea groups is 1. The third-order valence-corrected chi connectivity index (χ3v) is 8.43. The van der Waals surface area contributed by atoms with Crippen molar-refractivity contribution < 1.29 is 40.7 Å². The fourth-order valence-electron chi connectivity index (χ4n) is 6.02. The quantitative estimate of drug-likeness (QED) is 0.273. The maximum atomic E-state index is 15.4. The van der Waals surface area contributed by atoms with Gasteiger partial charge in [0.2, 0.25) is 12.3 Å². The van der Waals surface area contributed by atoms with Crippen molar-refractivity contribution in [2.24, 2.45) is 17.8 Å². The zero-order valence-corrected chi connectivity index (χ0v) is 24.1. The van der Waals surface area contributed by atoms with Gasteiger partial charge in [0.1, 0.15) is 23.6 Å². The Kier molecular flexibility index (Phi) is 8.85. The summed E-state index contributed by atoms with van der Waals surface area (Å²) in [5, 5.41) is 11.3. The standard InChI is InChI=1S/C29H34F6N6O3/c1-14(2)41-20(9-10-36-41)26(42)39-25(24(15-3-4-15)16-5-6-16)27(43)37-19-8-7-17(11-18(19)30)21(12-23(31)32)40-13-22(29(33,34)35)38-28(40)44/h7-11,14-16,21-25H,3-6,12-13H2,1-2H3,(H,37,43)(H,38,44)(H,39,42)/t21-,22-,25+/m0/s1. The highest BCUT2D eigenvalue weighted by Crippen LogP contribution is 2.51. The van der Waals surface area contributed by atoms with Crippen LogP contribution in [0.15, 0.2) is 30.5 Å². The molecule has 1 aromatic heterocycles. The molecule has 3 atom stereocenters. The number of anilines is 1. The van der Waals surface area contributed by atoms with Gasteiger partial charge < -0.3 is 20.9 Å². The van der Waals surface area contributed by atoms with Crippen LogP contribution >= 0.6 is 0 Å². The van der Waals surface area contributed by atoms with E-state index in [1.165, 1.54) is 16.9 Å². The molecule has 4 amide bonds. The summed E-state index contributed by atoms with van der Waals surface area (Å²) in [6.07, 6.45) is -3.73. The zero-order valence-electron chi connectivity index (χ0n) is 24.1. The van der Waals surface area contributed by atoms with Gasteiger partial charge >= 0.3 is 12.2 Å². The fourth-order valence-corrected chi connectivity index (χ4v) is 6.02. The lowest BCUT2D eigenvalue weighted by molar-refractivity contribution is -0.150. The molecule has 1 aromatic carbocycles. The smallest absolute Gasteiger partial charge is 0.339 e. The van der Waals surface area contributed by atoms with Gasteiger partial charge in [0, 0.05) is 18.7 Å². The summed E-state index contributed by atoms with van der Waals surface area (Å²) in [7, 11) is 0. The summed E-state index contributed by atoms with van der Waals surface area (Å²) < 4.78 is 83.4. The molecule has 2 aromatic rings. The molecular formula is C29H34F6N6O3. The third-order valence-electron chi connectivity index (χ3n) is 8.43. The average molecular weight is 629 g/mol. The van der Waals surface area contributed by atoms with Crippen LogP contribution in [0.4, 0.5) is 36.8 Å². The molecule has 2 saturated carbocycles. The Morgan fingerprint density at radius 2 is 1.75 bits per heavy atom. The molecule has 0 spiro atoms. The first kappa shape index (κ1) is 31.6. The Balaban J connectivity index is 1.37. The number of amides is 4. The number of aromatic nitrogens is 2. The first-order valence-electron chi connectivity index (χ1n) is 14.6. The van der Waals surface area contributed by atoms with Gasteiger partial charge in [0.05, 0.1) is 18.3 Å². The minimum Gasteiger partial charge on any atom is -0.339 e. The van der Waals surface area contributed by atoms with Gasteiger partial charge in [-0.05, 0) is 81.0 Å². The van der Waals surface area contributed by atoms with Crippen molar-refractivity contribution in [3.63, 3.8) is 0 Å². The molecule has 240 valence electrons. The van der Waals surface area contributed by atoms with E-state index >= 15 is 4.39 Å². The van der Waals surface area contributed by atoms with E-state index < -0.39 is 67.4 Å². The number of carbonyl (C=O) groups is 3. The molecule has 1 saturated heterocycles. The summed E-state index contributed by atoms with van der Waals surface area (Å²) in [6.45, 7) is 2.79. The molecule has 2 aliphatic carbocycles. The van der Waals surface area contributed by atoms with Gasteiger partial charge in [0.25, 0.3) is 5.91 Å². The molecule has 15 heteroatoms. The van der Waals surface area contributed by atoms with Crippen molar-refractivity contribution in [2.75, 3.05) is 11.9 Å². The summed E-state index contributed by atoms with van der Waals surface area (Å²) in [5.74, 6) is -1.90. The predicted octanol–water partition coefficient (Wildman–Crippen LogP) is 5.43. The van der Waals surface area contributed by atoms with E-state index in [0.717, 1.165) is 37.8 Å². The van der Waals surface area contributed by atoms with Crippen LogP contribution in [0.5, 0.6) is 0 Å². The maximum absolute atomic E-state index is 15.4. The molecule has 9 nitrogen and oxygen atoms in total. The van der Waals surface area contributed by atoms with Crippen LogP contribution < -0.4 is 16.0 Å². The molecule has 44 heavy (non-hydrogen) atoms. The molecule has 0 unspecified atom stereocenters. The zero-order chi connectivity index (χ0) is 31.9. The Hall–Kier alpha value is -3.78. The summed E-state index contributed by atoms with van der Waals surface area (Å²) in [5.41, 5.74) is -0.188. The molecule has 3 N–H and O–H groups in total. The summed E-state index contributed by atoms with van der Waals surface area (Å²) in [4.78, 5) is 39.9. The minimum atomic E-state index is -4.79. The van der Waals surface area contributed by atoms with Crippen LogP contribution in [0, 0.1) is 23.6 Å². The maximum Gasteiger partial charge on any atom is 0.410 e. The van der Waals surface area contributed by atoms with Gasteiger partial charge in [0.15, 0.2) is 0 Å². The number of halogens is 6. The lowest BCUT2D eigenvalue weighted by Crippen LogP contribution is -2.50. The highest BCUT2D eigenvalue weighted by molar-refractivity contribution is 6.01. The number of hydrogen-bond acceptors (Lipinski definition) is 4. The van der Waals surface area contributed by atoms with Gasteiger partial charge in [-0.15, -0.1) is 0 Å². The Morgan fingerprint density at radius 1 is 1.09 bits per heavy atom. The number of rotatable bonds is 12. The molecule has 2 heterocycles. The molecule has 3 aliphatic rings. The number of benzene rings is 1. The molecule has 3 fully saturated rings. The van der Waals surface area contributed by atoms with Crippen molar-refractivity contribution in [3.05, 3.63) is 47.5 Å². The van der Waals surface area contributed by atoms with Crippen LogP contribution in [0.1, 0.15) is 74.1 Å². The normalized spacial score (nSPS) is 20.3. The second kappa shape index (κ2) is 12.3. The molecule has 0 radical (unpaired) electrons. The highest BCUT2D eigenvalue weighted by atomic mass is 19.4. The largest absolute Gasteiger partial charge is 0.410 e. The highest BCUT2D eigenvalue weighted by Gasteiger charge is 2.50. The van der Waals surface area contributed by atoms with Gasteiger partial charge in [-0.1, -0.05) is 6.07 Å². The number of nitrogens with one attached hydrogen (secondary N) is 3. The Labute approximate surface area is 249 Å². The van der Waals surface area contributed by atoms with Crippen LogP contribution in [0.2, 0.25) is 0 Å². The molecule has 5 rings (SSSR count). The van der Waals surface area contributed by atoms with E-state index in [-0.39, 0.29) is 40.7 Å². The van der Waals surface area contributed by atoms with Gasteiger partial charge in [-0.2, -0.15) is 18.3 Å². The minimum absolute atomic E-state index is 0.117. The second-order valence-corrected chi connectivity index (χ2v) is 12.0. The average Bonchev–Trinajstić information content (AvgIpc) is 3.87. The number of alkyl halides is 5. The lowest BCUT2D eigenvalue weighted by atomic mass is 9.88. The van der Waals surface area contributed by atoms with Crippen molar-refractivity contribution in [2.45, 2.75) is 82.7 Å². The van der Waals surface area contributed by atoms with Crippen molar-refractivity contribution in [3.8, 4) is 0 Å². The first-order chi connectivity index (χ1) is 20.7. The van der Waals surface area contributed by atoms with E-state index in [1.54, 1.807) is 11.4 Å². The Morgan fingerprint density at radius 3 is 2.27 bits per heavy atom. The summed E-state index contributed by atoms with van der Waals surface area (Å²) in [6, 6.07) is -1.43. The molecular weight excluding hydrogens is 594 g/mol. The second-order valence-electron chi connectivity index (χ2n) is 12.0. The lowest BCUT2D eigenvalue weighted by Gasteiger charge is -2.29. The van der Waals surface area contributed by atoms with Crippen LogP contribution in [-0.2, 0) is 4.79 Å². The monoisotopic (exact) mass is 628 g/mol. The Bertz CT molecular complexity index is 1380. The van der Waals surface area contributed by atoms with Gasteiger partial charge in [-0.25, -0.2) is 18.0 Å². The van der Waals surface area contributed by atoms with E-state index in [9.17, 15) is 36.3 Å². The summed E-state index contributed by atoms with van der Waals surface area (Å²) >= 11 is 0.